The van der Waals surface area contributed by atoms with E-state index in [1.165, 1.54) is 4.31 Å². The smallest absolute Gasteiger partial charge is 0.266 e. The third-order valence-corrected chi connectivity index (χ3v) is 6.87. The van der Waals surface area contributed by atoms with Gasteiger partial charge in [-0.1, -0.05) is 12.1 Å². The summed E-state index contributed by atoms with van der Waals surface area (Å²) in [7, 11) is -3.89. The molecule has 0 saturated carbocycles. The molecule has 1 aromatic heterocycles. The molecule has 2 aromatic rings. The van der Waals surface area contributed by atoms with E-state index in [1.807, 2.05) is 24.4 Å². The number of amides is 1. The molecule has 1 aromatic carbocycles. The first kappa shape index (κ1) is 17.9. The average molecular weight is 388 g/mol. The van der Waals surface area contributed by atoms with E-state index in [1.54, 1.807) is 12.3 Å². The molecule has 0 aliphatic carbocycles. The minimum atomic E-state index is -3.89. The lowest BCUT2D eigenvalue weighted by molar-refractivity contribution is 0.0730. The van der Waals surface area contributed by atoms with Gasteiger partial charge in [0.25, 0.3) is 5.91 Å². The Hall–Kier alpha value is -2.49. The first-order chi connectivity index (χ1) is 13.0. The van der Waals surface area contributed by atoms with Crippen LogP contribution in [-0.4, -0.2) is 56.1 Å². The lowest BCUT2D eigenvalue weighted by Gasteiger charge is -2.26. The number of nitrogens with one attached hydrogen (secondary N) is 1. The average Bonchev–Trinajstić information content (AvgIpc) is 3.09. The molecule has 1 atom stereocenters. The molecule has 9 heteroatoms. The van der Waals surface area contributed by atoms with Gasteiger partial charge in [0.05, 0.1) is 13.2 Å². The number of sulfonamides is 1. The van der Waals surface area contributed by atoms with Crippen LogP contribution < -0.4 is 5.73 Å². The van der Waals surface area contributed by atoms with E-state index in [2.05, 4.69) is 9.98 Å². The molecule has 142 valence electrons. The number of nitrogens with two attached hydrogens (primary N) is 1. The van der Waals surface area contributed by atoms with E-state index in [0.29, 0.717) is 24.1 Å². The van der Waals surface area contributed by atoms with Gasteiger partial charge in [0.1, 0.15) is 10.6 Å². The fourth-order valence-corrected chi connectivity index (χ4v) is 5.23. The number of primary amides is 1. The number of ether oxygens (including phenoxy) is 1. The first-order valence-corrected chi connectivity index (χ1v) is 10.1. The van der Waals surface area contributed by atoms with Crippen LogP contribution >= 0.6 is 0 Å². The molecule has 2 aliphatic rings. The minimum absolute atomic E-state index is 0.0535. The number of carbonyl (C=O) groups is 1. The summed E-state index contributed by atoms with van der Waals surface area (Å²) < 4.78 is 33.2. The number of rotatable bonds is 4. The summed E-state index contributed by atoms with van der Waals surface area (Å²) in [5, 5.41) is 0.476. The summed E-state index contributed by atoms with van der Waals surface area (Å²) in [6, 6.07) is 5.53. The molecule has 4 rings (SSSR count). The summed E-state index contributed by atoms with van der Waals surface area (Å²) in [6.45, 7) is 1.14. The number of aliphatic imine (C=N–C) groups is 1. The maximum absolute atomic E-state index is 13.3. The summed E-state index contributed by atoms with van der Waals surface area (Å²) >= 11 is 0. The van der Waals surface area contributed by atoms with Crippen molar-refractivity contribution in [2.45, 2.75) is 17.2 Å². The van der Waals surface area contributed by atoms with Crippen molar-refractivity contribution < 1.29 is 17.9 Å². The van der Waals surface area contributed by atoms with Gasteiger partial charge in [-0.3, -0.25) is 9.79 Å². The second kappa shape index (κ2) is 6.91. The highest BCUT2D eigenvalue weighted by Crippen LogP contribution is 2.33. The van der Waals surface area contributed by atoms with Gasteiger partial charge in [0.15, 0.2) is 0 Å². The quantitative estimate of drug-likeness (QED) is 0.822. The van der Waals surface area contributed by atoms with Crippen molar-refractivity contribution in [3.05, 3.63) is 41.7 Å². The number of hydrogen-bond acceptors (Lipinski definition) is 5. The topological polar surface area (TPSA) is 118 Å². The number of carbonyl (C=O) groups excluding carboxylic acids is 1. The van der Waals surface area contributed by atoms with E-state index >= 15 is 0 Å². The molecular weight excluding hydrogens is 368 g/mol. The number of benzene rings is 1. The molecule has 2 aliphatic heterocycles. The number of H-pyrrole nitrogens is 1. The standard InChI is InChI=1S/C18H20N4O4S/c19-18(23)16-17(27(24,25)22-7-9-26-10-8-22)14-11-13(1-2-15(14)21-16)12-3-5-20-6-4-12/h1-3,5-6,11-12,21H,4,7-10H2,(H2,19,23). The van der Waals surface area contributed by atoms with Crippen molar-refractivity contribution in [2.24, 2.45) is 10.7 Å². The van der Waals surface area contributed by atoms with Gasteiger partial charge >= 0.3 is 0 Å². The van der Waals surface area contributed by atoms with Crippen molar-refractivity contribution in [1.29, 1.82) is 0 Å². The van der Waals surface area contributed by atoms with E-state index in [9.17, 15) is 13.2 Å². The van der Waals surface area contributed by atoms with Gasteiger partial charge in [-0.15, -0.1) is 0 Å². The number of hydrogen-bond donors (Lipinski definition) is 2. The molecule has 27 heavy (non-hydrogen) atoms. The van der Waals surface area contributed by atoms with Crippen LogP contribution in [0.1, 0.15) is 28.4 Å². The highest BCUT2D eigenvalue weighted by molar-refractivity contribution is 7.89. The normalized spacial score (nSPS) is 21.0. The highest BCUT2D eigenvalue weighted by atomic mass is 32.2. The van der Waals surface area contributed by atoms with Crippen LogP contribution in [0.5, 0.6) is 0 Å². The molecule has 8 nitrogen and oxygen atoms in total. The number of aromatic amines is 1. The molecule has 1 amide bonds. The Morgan fingerprint density at radius 3 is 2.74 bits per heavy atom. The van der Waals surface area contributed by atoms with Gasteiger partial charge in [-0.05, 0) is 24.1 Å². The molecule has 1 unspecified atom stereocenters. The third kappa shape index (κ3) is 3.18. The number of fused-ring (bicyclic) bond motifs is 1. The molecule has 0 spiro atoms. The van der Waals surface area contributed by atoms with Crippen molar-refractivity contribution in [1.82, 2.24) is 9.29 Å². The van der Waals surface area contributed by atoms with Crippen LogP contribution in [0.15, 0.2) is 40.4 Å². The maximum atomic E-state index is 13.3. The van der Waals surface area contributed by atoms with Crippen LogP contribution in [0.2, 0.25) is 0 Å². The van der Waals surface area contributed by atoms with Crippen molar-refractivity contribution in [3.63, 3.8) is 0 Å². The van der Waals surface area contributed by atoms with Crippen molar-refractivity contribution in [3.8, 4) is 0 Å². The molecule has 3 N–H and O–H groups in total. The molecule has 0 radical (unpaired) electrons. The summed E-state index contributed by atoms with van der Waals surface area (Å²) in [5.41, 5.74) is 6.91. The number of nitrogens with zero attached hydrogens (tertiary/aromatic N) is 2. The van der Waals surface area contributed by atoms with Crippen LogP contribution in [-0.2, 0) is 14.8 Å². The van der Waals surface area contributed by atoms with Gasteiger partial charge in [-0.25, -0.2) is 8.42 Å². The molecular formula is C18H20N4O4S. The monoisotopic (exact) mass is 388 g/mol. The van der Waals surface area contributed by atoms with Crippen molar-refractivity contribution >= 4 is 33.0 Å². The fraction of sp³-hybridized carbons (Fsp3) is 0.333. The summed E-state index contributed by atoms with van der Waals surface area (Å²) in [5.74, 6) is -0.693. The van der Waals surface area contributed by atoms with E-state index in [-0.39, 0.29) is 29.6 Å². The second-order valence-electron chi connectivity index (χ2n) is 6.53. The van der Waals surface area contributed by atoms with Crippen LogP contribution in [0, 0.1) is 0 Å². The molecule has 1 fully saturated rings. The van der Waals surface area contributed by atoms with Gasteiger partial charge < -0.3 is 15.5 Å². The zero-order valence-corrected chi connectivity index (χ0v) is 15.4. The van der Waals surface area contributed by atoms with Crippen LogP contribution in [0.3, 0.4) is 0 Å². The lowest BCUT2D eigenvalue weighted by Crippen LogP contribution is -2.41. The number of aromatic nitrogens is 1. The lowest BCUT2D eigenvalue weighted by atomic mass is 9.94. The first-order valence-electron chi connectivity index (χ1n) is 8.70. The minimum Gasteiger partial charge on any atom is -0.379 e. The Labute approximate surface area is 156 Å². The third-order valence-electron chi connectivity index (χ3n) is 4.89. The summed E-state index contributed by atoms with van der Waals surface area (Å²) in [6.07, 6.45) is 6.27. The Morgan fingerprint density at radius 1 is 1.30 bits per heavy atom. The Kier molecular flexibility index (Phi) is 4.58. The molecule has 1 saturated heterocycles. The van der Waals surface area contributed by atoms with E-state index in [4.69, 9.17) is 10.5 Å². The number of allylic oxidation sites excluding steroid dienone is 1. The van der Waals surface area contributed by atoms with Crippen LogP contribution in [0.4, 0.5) is 0 Å². The second-order valence-corrected chi connectivity index (χ2v) is 8.40. The largest absolute Gasteiger partial charge is 0.379 e. The molecule has 3 heterocycles. The predicted molar refractivity (Wildman–Crippen MR) is 101 cm³/mol. The van der Waals surface area contributed by atoms with Gasteiger partial charge in [-0.2, -0.15) is 4.31 Å². The number of morpholine rings is 1. The SMILES string of the molecule is NC(=O)c1[nH]c2ccc(C3C=CN=CC3)cc2c1S(=O)(=O)N1CCOCC1. The zero-order chi connectivity index (χ0) is 19.0. The highest BCUT2D eigenvalue weighted by Gasteiger charge is 2.33. The van der Waals surface area contributed by atoms with E-state index < -0.39 is 15.9 Å². The zero-order valence-electron chi connectivity index (χ0n) is 14.6. The van der Waals surface area contributed by atoms with Crippen LogP contribution in [0.25, 0.3) is 10.9 Å². The fourth-order valence-electron chi connectivity index (χ4n) is 3.49. The maximum Gasteiger partial charge on any atom is 0.266 e. The van der Waals surface area contributed by atoms with Crippen molar-refractivity contribution in [2.75, 3.05) is 26.3 Å². The Morgan fingerprint density at radius 2 is 2.07 bits per heavy atom. The van der Waals surface area contributed by atoms with Gasteiger partial charge in [0.2, 0.25) is 10.0 Å². The Bertz CT molecular complexity index is 1050. The Balaban J connectivity index is 1.88. The molecule has 0 bridgehead atoms. The van der Waals surface area contributed by atoms with Gasteiger partial charge in [0, 0.05) is 42.3 Å². The van der Waals surface area contributed by atoms with E-state index in [0.717, 1.165) is 12.0 Å². The predicted octanol–water partition coefficient (Wildman–Crippen LogP) is 1.36. The summed E-state index contributed by atoms with van der Waals surface area (Å²) in [4.78, 5) is 18.9.